The highest BCUT2D eigenvalue weighted by Gasteiger charge is 2.28. The molecule has 2 aromatic rings. The number of nitrogens with zero attached hydrogens (tertiary/aromatic N) is 1. The van der Waals surface area contributed by atoms with Gasteiger partial charge in [0.25, 0.3) is 0 Å². The molecule has 0 atom stereocenters. The molecule has 0 aliphatic carbocycles. The van der Waals surface area contributed by atoms with E-state index >= 15 is 0 Å². The number of sulfonamides is 1. The fraction of sp³-hybridized carbons (Fsp3) is 0.409. The summed E-state index contributed by atoms with van der Waals surface area (Å²) in [5, 5.41) is 6.35. The van der Waals surface area contributed by atoms with E-state index in [4.69, 9.17) is 16.3 Å². The molecule has 7 nitrogen and oxygen atoms in total. The van der Waals surface area contributed by atoms with Gasteiger partial charge in [-0.05, 0) is 48.6 Å². The third-order valence-electron chi connectivity index (χ3n) is 5.38. The number of hydrogen-bond donors (Lipinski definition) is 2. The molecule has 2 aromatic carbocycles. The molecule has 0 saturated carbocycles. The van der Waals surface area contributed by atoms with Crippen molar-refractivity contribution in [2.45, 2.75) is 31.8 Å². The molecule has 0 bridgehead atoms. The van der Waals surface area contributed by atoms with E-state index in [0.717, 1.165) is 16.9 Å². The van der Waals surface area contributed by atoms with Crippen LogP contribution in [-0.2, 0) is 23.0 Å². The Bertz CT molecular complexity index is 975. The highest BCUT2D eigenvalue weighted by atomic mass is 35.5. The summed E-state index contributed by atoms with van der Waals surface area (Å²) < 4.78 is 32.0. The van der Waals surface area contributed by atoms with Crippen LogP contribution in [0.3, 0.4) is 0 Å². The van der Waals surface area contributed by atoms with Gasteiger partial charge in [0.05, 0.1) is 12.9 Å². The predicted molar refractivity (Wildman–Crippen MR) is 122 cm³/mol. The van der Waals surface area contributed by atoms with E-state index in [1.807, 2.05) is 42.5 Å². The molecule has 168 valence electrons. The Morgan fingerprint density at radius 2 is 1.81 bits per heavy atom. The molecular formula is C22H28ClN3O4S. The maximum Gasteiger partial charge on any atom is 0.315 e. The van der Waals surface area contributed by atoms with E-state index in [9.17, 15) is 13.2 Å². The van der Waals surface area contributed by atoms with Gasteiger partial charge < -0.3 is 15.4 Å². The first-order valence-electron chi connectivity index (χ1n) is 10.3. The molecule has 1 fully saturated rings. The molecular weight excluding hydrogens is 438 g/mol. The Morgan fingerprint density at radius 1 is 1.13 bits per heavy atom. The summed E-state index contributed by atoms with van der Waals surface area (Å²) in [7, 11) is -1.76. The number of benzene rings is 2. The Labute approximate surface area is 188 Å². The van der Waals surface area contributed by atoms with Crippen molar-refractivity contribution in [3.63, 3.8) is 0 Å². The maximum absolute atomic E-state index is 12.7. The van der Waals surface area contributed by atoms with E-state index in [2.05, 4.69) is 10.6 Å². The van der Waals surface area contributed by atoms with Crippen molar-refractivity contribution in [1.82, 2.24) is 14.9 Å². The monoisotopic (exact) mass is 465 g/mol. The lowest BCUT2D eigenvalue weighted by molar-refractivity contribution is 0.227. The van der Waals surface area contributed by atoms with Crippen LogP contribution in [0.15, 0.2) is 48.5 Å². The van der Waals surface area contributed by atoms with Crippen LogP contribution in [-0.4, -0.2) is 50.7 Å². The van der Waals surface area contributed by atoms with Crippen LogP contribution < -0.4 is 15.4 Å². The minimum atomic E-state index is -3.37. The second-order valence-corrected chi connectivity index (χ2v) is 10.0. The van der Waals surface area contributed by atoms with Crippen molar-refractivity contribution in [3.05, 3.63) is 64.7 Å². The standard InChI is InChI=1S/C22H28ClN3O4S/c1-30-20-8-6-17(7-9-20)16-24-22(27)25-19-10-13-26(14-11-19)31(28,29)15-12-18-4-2-3-5-21(18)23/h2-9,19H,10-16H2,1H3,(H2,24,25,27). The Balaban J connectivity index is 1.41. The number of hydrogen-bond acceptors (Lipinski definition) is 4. The number of ether oxygens (including phenoxy) is 1. The first-order chi connectivity index (χ1) is 14.9. The number of aryl methyl sites for hydroxylation is 1. The van der Waals surface area contributed by atoms with Crippen LogP contribution in [0.25, 0.3) is 0 Å². The smallest absolute Gasteiger partial charge is 0.315 e. The molecule has 1 aliphatic rings. The first-order valence-corrected chi connectivity index (χ1v) is 12.2. The normalized spacial score (nSPS) is 15.4. The summed E-state index contributed by atoms with van der Waals surface area (Å²) in [5.41, 5.74) is 1.80. The zero-order valence-corrected chi connectivity index (χ0v) is 19.1. The molecule has 0 spiro atoms. The summed E-state index contributed by atoms with van der Waals surface area (Å²) >= 11 is 6.12. The fourth-order valence-electron chi connectivity index (χ4n) is 3.51. The van der Waals surface area contributed by atoms with Gasteiger partial charge in [-0.2, -0.15) is 0 Å². The molecule has 3 rings (SSSR count). The Morgan fingerprint density at radius 3 is 2.45 bits per heavy atom. The second-order valence-electron chi connectivity index (χ2n) is 7.51. The molecule has 0 unspecified atom stereocenters. The quantitative estimate of drug-likeness (QED) is 0.626. The highest BCUT2D eigenvalue weighted by molar-refractivity contribution is 7.89. The van der Waals surface area contributed by atoms with Crippen LogP contribution in [0.1, 0.15) is 24.0 Å². The molecule has 0 radical (unpaired) electrons. The van der Waals surface area contributed by atoms with Crippen LogP contribution in [0.5, 0.6) is 5.75 Å². The zero-order valence-electron chi connectivity index (χ0n) is 17.5. The number of rotatable bonds is 8. The Kier molecular flexibility index (Phi) is 8.17. The number of methoxy groups -OCH3 is 1. The van der Waals surface area contributed by atoms with Gasteiger partial charge in [0.1, 0.15) is 5.75 Å². The molecule has 1 saturated heterocycles. The summed E-state index contributed by atoms with van der Waals surface area (Å²) in [6.07, 6.45) is 1.55. The summed E-state index contributed by atoms with van der Waals surface area (Å²) in [6, 6.07) is 14.5. The maximum atomic E-state index is 12.7. The van der Waals surface area contributed by atoms with E-state index in [1.54, 1.807) is 13.2 Å². The molecule has 1 heterocycles. The highest BCUT2D eigenvalue weighted by Crippen LogP contribution is 2.19. The van der Waals surface area contributed by atoms with Crippen LogP contribution in [0.4, 0.5) is 4.79 Å². The van der Waals surface area contributed by atoms with Gasteiger partial charge in [-0.15, -0.1) is 0 Å². The van der Waals surface area contributed by atoms with E-state index in [0.29, 0.717) is 43.9 Å². The minimum Gasteiger partial charge on any atom is -0.497 e. The predicted octanol–water partition coefficient (Wildman–Crippen LogP) is 3.18. The van der Waals surface area contributed by atoms with Crippen molar-refractivity contribution in [2.24, 2.45) is 0 Å². The molecule has 31 heavy (non-hydrogen) atoms. The molecule has 2 N–H and O–H groups in total. The average Bonchev–Trinajstić information content (AvgIpc) is 2.78. The van der Waals surface area contributed by atoms with Gasteiger partial charge in [0, 0.05) is 30.7 Å². The lowest BCUT2D eigenvalue weighted by atomic mass is 10.1. The Hall–Kier alpha value is -2.29. The van der Waals surface area contributed by atoms with Gasteiger partial charge in [-0.25, -0.2) is 17.5 Å². The lowest BCUT2D eigenvalue weighted by Gasteiger charge is -2.31. The minimum absolute atomic E-state index is 0.0250. The molecule has 2 amide bonds. The van der Waals surface area contributed by atoms with Gasteiger partial charge in [-0.1, -0.05) is 41.9 Å². The summed E-state index contributed by atoms with van der Waals surface area (Å²) in [4.78, 5) is 12.2. The number of carbonyl (C=O) groups excluding carboxylic acids is 1. The number of urea groups is 1. The average molecular weight is 466 g/mol. The number of amides is 2. The first kappa shape index (κ1) is 23.4. The van der Waals surface area contributed by atoms with Crippen LogP contribution in [0, 0.1) is 0 Å². The zero-order chi connectivity index (χ0) is 22.3. The largest absolute Gasteiger partial charge is 0.497 e. The van der Waals surface area contributed by atoms with Gasteiger partial charge in [0.15, 0.2) is 0 Å². The van der Waals surface area contributed by atoms with E-state index in [1.165, 1.54) is 4.31 Å². The van der Waals surface area contributed by atoms with Gasteiger partial charge >= 0.3 is 6.03 Å². The molecule has 9 heteroatoms. The van der Waals surface area contributed by atoms with Crippen molar-refractivity contribution in [3.8, 4) is 5.75 Å². The molecule has 1 aliphatic heterocycles. The van der Waals surface area contributed by atoms with Crippen LogP contribution in [0.2, 0.25) is 5.02 Å². The van der Waals surface area contributed by atoms with Crippen molar-refractivity contribution in [2.75, 3.05) is 26.0 Å². The third kappa shape index (κ3) is 6.85. The van der Waals surface area contributed by atoms with Gasteiger partial charge in [-0.3, -0.25) is 0 Å². The number of halogens is 1. The van der Waals surface area contributed by atoms with Crippen molar-refractivity contribution >= 4 is 27.7 Å². The second kappa shape index (κ2) is 10.8. The number of piperidine rings is 1. The molecule has 0 aromatic heterocycles. The summed E-state index contributed by atoms with van der Waals surface area (Å²) in [5.74, 6) is 0.791. The number of nitrogens with one attached hydrogen (secondary N) is 2. The SMILES string of the molecule is COc1ccc(CNC(=O)NC2CCN(S(=O)(=O)CCc3ccccc3Cl)CC2)cc1. The van der Waals surface area contributed by atoms with Crippen molar-refractivity contribution < 1.29 is 17.9 Å². The fourth-order valence-corrected chi connectivity index (χ4v) is 5.24. The lowest BCUT2D eigenvalue weighted by Crippen LogP contribution is -2.49. The van der Waals surface area contributed by atoms with Gasteiger partial charge in [0.2, 0.25) is 10.0 Å². The topological polar surface area (TPSA) is 87.7 Å². The number of carbonyl (C=O) groups is 1. The summed E-state index contributed by atoms with van der Waals surface area (Å²) in [6.45, 7) is 1.20. The third-order valence-corrected chi connectivity index (χ3v) is 7.62. The van der Waals surface area contributed by atoms with Crippen LogP contribution >= 0.6 is 11.6 Å². The van der Waals surface area contributed by atoms with E-state index in [-0.39, 0.29) is 17.8 Å². The van der Waals surface area contributed by atoms with E-state index < -0.39 is 10.0 Å². The van der Waals surface area contributed by atoms with Crippen molar-refractivity contribution in [1.29, 1.82) is 0 Å².